The minimum absolute atomic E-state index is 0.0507. The maximum atomic E-state index is 12.5. The van der Waals surface area contributed by atoms with E-state index in [0.29, 0.717) is 0 Å². The van der Waals surface area contributed by atoms with E-state index in [1.54, 1.807) is 18.2 Å². The first-order valence-electron chi connectivity index (χ1n) is 6.55. The van der Waals surface area contributed by atoms with Crippen LogP contribution in [0.3, 0.4) is 0 Å². The van der Waals surface area contributed by atoms with Crippen LogP contribution in [-0.2, 0) is 11.0 Å². The number of amides is 1. The van der Waals surface area contributed by atoms with Gasteiger partial charge in [0.25, 0.3) is 5.91 Å². The van der Waals surface area contributed by atoms with Crippen molar-refractivity contribution in [2.24, 2.45) is 0 Å². The van der Waals surface area contributed by atoms with Crippen LogP contribution in [-0.4, -0.2) is 17.0 Å². The van der Waals surface area contributed by atoms with Gasteiger partial charge in [-0.15, -0.1) is 0 Å². The van der Waals surface area contributed by atoms with Crippen molar-refractivity contribution >= 4 is 11.9 Å². The molecule has 2 N–H and O–H groups in total. The van der Waals surface area contributed by atoms with E-state index in [-0.39, 0.29) is 11.1 Å². The highest BCUT2D eigenvalue weighted by atomic mass is 19.4. The van der Waals surface area contributed by atoms with E-state index in [1.165, 1.54) is 12.1 Å². The second kappa shape index (κ2) is 6.51. The Bertz CT molecular complexity index is 697. The zero-order valence-electron chi connectivity index (χ0n) is 11.7. The van der Waals surface area contributed by atoms with Gasteiger partial charge in [0.1, 0.15) is 0 Å². The van der Waals surface area contributed by atoms with Gasteiger partial charge in [0.15, 0.2) is 6.04 Å². The van der Waals surface area contributed by atoms with Crippen LogP contribution in [0.2, 0.25) is 0 Å². The van der Waals surface area contributed by atoms with E-state index in [2.05, 4.69) is 5.32 Å². The molecule has 23 heavy (non-hydrogen) atoms. The first-order valence-corrected chi connectivity index (χ1v) is 6.55. The first-order chi connectivity index (χ1) is 10.8. The van der Waals surface area contributed by atoms with Crippen molar-refractivity contribution in [3.63, 3.8) is 0 Å². The number of carbonyl (C=O) groups excluding carboxylic acids is 1. The summed E-state index contributed by atoms with van der Waals surface area (Å²) in [7, 11) is 0. The number of rotatable bonds is 4. The van der Waals surface area contributed by atoms with Gasteiger partial charge in [0.05, 0.1) is 5.56 Å². The fourth-order valence-corrected chi connectivity index (χ4v) is 1.96. The van der Waals surface area contributed by atoms with Crippen molar-refractivity contribution in [1.82, 2.24) is 5.32 Å². The van der Waals surface area contributed by atoms with E-state index in [0.717, 1.165) is 24.3 Å². The number of aliphatic carboxylic acids is 1. The molecule has 0 aromatic heterocycles. The molecule has 2 aromatic rings. The molecular weight excluding hydrogens is 311 g/mol. The molecular formula is C16H12F3NO3. The zero-order valence-corrected chi connectivity index (χ0v) is 11.7. The van der Waals surface area contributed by atoms with Crippen LogP contribution in [0, 0.1) is 0 Å². The number of carboxylic acids is 1. The lowest BCUT2D eigenvalue weighted by Crippen LogP contribution is -2.33. The van der Waals surface area contributed by atoms with E-state index in [4.69, 9.17) is 0 Å². The highest BCUT2D eigenvalue weighted by Gasteiger charge is 2.31. The molecule has 7 heteroatoms. The second-order valence-electron chi connectivity index (χ2n) is 4.73. The van der Waals surface area contributed by atoms with Gasteiger partial charge in [0.2, 0.25) is 0 Å². The van der Waals surface area contributed by atoms with E-state index >= 15 is 0 Å². The Morgan fingerprint density at radius 3 is 2.00 bits per heavy atom. The molecule has 0 fully saturated rings. The SMILES string of the molecule is O=C(NC(C(=O)O)c1ccc(C(F)(F)F)cc1)c1ccccc1. The molecule has 2 rings (SSSR count). The highest BCUT2D eigenvalue weighted by Crippen LogP contribution is 2.30. The van der Waals surface area contributed by atoms with Crippen molar-refractivity contribution in [3.05, 3.63) is 71.3 Å². The van der Waals surface area contributed by atoms with Crippen molar-refractivity contribution in [2.45, 2.75) is 12.2 Å². The Hall–Kier alpha value is -2.83. The third-order valence-corrected chi connectivity index (χ3v) is 3.13. The normalized spacial score (nSPS) is 12.5. The van der Waals surface area contributed by atoms with Crippen LogP contribution in [0.5, 0.6) is 0 Å². The van der Waals surface area contributed by atoms with Gasteiger partial charge in [-0.1, -0.05) is 30.3 Å². The van der Waals surface area contributed by atoms with Crippen molar-refractivity contribution < 1.29 is 27.9 Å². The lowest BCUT2D eigenvalue weighted by atomic mass is 10.0. The van der Waals surface area contributed by atoms with E-state index in [9.17, 15) is 27.9 Å². The number of benzene rings is 2. The first kappa shape index (κ1) is 16.5. The Kier molecular flexibility index (Phi) is 4.68. The molecule has 0 aliphatic heterocycles. The van der Waals surface area contributed by atoms with Gasteiger partial charge >= 0.3 is 12.1 Å². The molecule has 4 nitrogen and oxygen atoms in total. The quantitative estimate of drug-likeness (QED) is 0.907. The summed E-state index contributed by atoms with van der Waals surface area (Å²) in [4.78, 5) is 23.3. The molecule has 0 spiro atoms. The molecule has 0 aliphatic rings. The number of carbonyl (C=O) groups is 2. The summed E-state index contributed by atoms with van der Waals surface area (Å²) in [5.74, 6) is -1.99. The molecule has 0 bridgehead atoms. The van der Waals surface area contributed by atoms with Gasteiger partial charge in [-0.05, 0) is 29.8 Å². The third kappa shape index (κ3) is 4.09. The lowest BCUT2D eigenvalue weighted by Gasteiger charge is -2.16. The summed E-state index contributed by atoms with van der Waals surface area (Å²) in [5, 5.41) is 11.5. The standard InChI is InChI=1S/C16H12F3NO3/c17-16(18,19)12-8-6-10(7-9-12)13(15(22)23)20-14(21)11-4-2-1-3-5-11/h1-9,13H,(H,20,21)(H,22,23). The summed E-state index contributed by atoms with van der Waals surface area (Å²) in [6, 6.07) is 10.1. The number of nitrogens with one attached hydrogen (secondary N) is 1. The number of carboxylic acid groups (broad SMARTS) is 1. The molecule has 0 saturated carbocycles. The monoisotopic (exact) mass is 323 g/mol. The molecule has 120 valence electrons. The van der Waals surface area contributed by atoms with Crippen molar-refractivity contribution in [3.8, 4) is 0 Å². The highest BCUT2D eigenvalue weighted by molar-refractivity contribution is 5.96. The molecule has 0 aliphatic carbocycles. The molecule has 1 unspecified atom stereocenters. The number of alkyl halides is 3. The summed E-state index contributed by atoms with van der Waals surface area (Å²) >= 11 is 0. The van der Waals surface area contributed by atoms with Crippen LogP contribution in [0.1, 0.15) is 27.5 Å². The predicted molar refractivity (Wildman–Crippen MR) is 75.7 cm³/mol. The van der Waals surface area contributed by atoms with E-state index < -0.39 is 29.7 Å². The summed E-state index contributed by atoms with van der Waals surface area (Å²) < 4.78 is 37.6. The van der Waals surface area contributed by atoms with Crippen LogP contribution in [0.4, 0.5) is 13.2 Å². The number of hydrogen-bond donors (Lipinski definition) is 2. The van der Waals surface area contributed by atoms with Crippen molar-refractivity contribution in [2.75, 3.05) is 0 Å². The Morgan fingerprint density at radius 1 is 0.957 bits per heavy atom. The maximum Gasteiger partial charge on any atom is 0.416 e. The minimum atomic E-state index is -4.51. The maximum absolute atomic E-state index is 12.5. The topological polar surface area (TPSA) is 66.4 Å². The molecule has 0 heterocycles. The van der Waals surface area contributed by atoms with E-state index in [1.807, 2.05) is 0 Å². The van der Waals surface area contributed by atoms with Crippen molar-refractivity contribution in [1.29, 1.82) is 0 Å². The molecule has 0 saturated heterocycles. The molecule has 2 aromatic carbocycles. The summed E-state index contributed by atoms with van der Waals surface area (Å²) in [6.45, 7) is 0. The Balaban J connectivity index is 2.22. The van der Waals surface area contributed by atoms with Crippen LogP contribution >= 0.6 is 0 Å². The third-order valence-electron chi connectivity index (χ3n) is 3.13. The fourth-order valence-electron chi connectivity index (χ4n) is 1.96. The smallest absolute Gasteiger partial charge is 0.416 e. The largest absolute Gasteiger partial charge is 0.479 e. The molecule has 0 radical (unpaired) electrons. The summed E-state index contributed by atoms with van der Waals surface area (Å²) in [6.07, 6.45) is -4.51. The van der Waals surface area contributed by atoms with Crippen LogP contribution < -0.4 is 5.32 Å². The minimum Gasteiger partial charge on any atom is -0.479 e. The van der Waals surface area contributed by atoms with Crippen LogP contribution in [0.15, 0.2) is 54.6 Å². The van der Waals surface area contributed by atoms with Gasteiger partial charge < -0.3 is 10.4 Å². The second-order valence-corrected chi connectivity index (χ2v) is 4.73. The number of hydrogen-bond acceptors (Lipinski definition) is 2. The van der Waals surface area contributed by atoms with Gasteiger partial charge in [-0.3, -0.25) is 4.79 Å². The zero-order chi connectivity index (χ0) is 17.0. The molecule has 1 atom stereocenters. The van der Waals surface area contributed by atoms with Crippen LogP contribution in [0.25, 0.3) is 0 Å². The Morgan fingerprint density at radius 2 is 1.52 bits per heavy atom. The van der Waals surface area contributed by atoms with Gasteiger partial charge in [-0.25, -0.2) is 4.79 Å². The lowest BCUT2D eigenvalue weighted by molar-refractivity contribution is -0.139. The Labute approximate surface area is 129 Å². The van der Waals surface area contributed by atoms with Gasteiger partial charge in [0, 0.05) is 5.56 Å². The average Bonchev–Trinajstić information content (AvgIpc) is 2.52. The average molecular weight is 323 g/mol. The number of halogens is 3. The molecule has 1 amide bonds. The fraction of sp³-hybridized carbons (Fsp3) is 0.125. The summed E-state index contributed by atoms with van der Waals surface area (Å²) in [5.41, 5.74) is -0.583. The van der Waals surface area contributed by atoms with Gasteiger partial charge in [-0.2, -0.15) is 13.2 Å². The predicted octanol–water partition coefficient (Wildman–Crippen LogP) is 3.26.